The van der Waals surface area contributed by atoms with Crippen molar-refractivity contribution in [3.8, 4) is 11.1 Å². The summed E-state index contributed by atoms with van der Waals surface area (Å²) in [5.74, 6) is -0.0189. The van der Waals surface area contributed by atoms with Gasteiger partial charge >= 0.3 is 0 Å². The van der Waals surface area contributed by atoms with E-state index in [1.54, 1.807) is 30.6 Å². The van der Waals surface area contributed by atoms with Crippen molar-refractivity contribution < 1.29 is 4.79 Å². The smallest absolute Gasteiger partial charge is 0.185 e. The van der Waals surface area contributed by atoms with Crippen LogP contribution in [0.3, 0.4) is 0 Å². The molecule has 0 radical (unpaired) electrons. The van der Waals surface area contributed by atoms with Crippen LogP contribution in [0.15, 0.2) is 85.2 Å². The predicted molar refractivity (Wildman–Crippen MR) is 89.5 cm³/mol. The number of allylic oxidation sites excluding steroid dienone is 1. The van der Waals surface area contributed by atoms with E-state index in [1.165, 1.54) is 11.1 Å². The summed E-state index contributed by atoms with van der Waals surface area (Å²) in [6.45, 7) is 0. The molecule has 3 aromatic rings. The molecule has 0 fully saturated rings. The molecule has 0 spiro atoms. The molecule has 0 saturated carbocycles. The summed E-state index contributed by atoms with van der Waals surface area (Å²) in [4.78, 5) is 15.9. The largest absolute Gasteiger partial charge is 0.289 e. The number of rotatable bonds is 4. The summed E-state index contributed by atoms with van der Waals surface area (Å²) in [7, 11) is 0. The standard InChI is InChI=1S/C20H15NO/c22-20(19-12-14-21-15-13-19)11-8-16-6-9-18(10-7-16)17-4-2-1-3-5-17/h1-15H/b11-8+. The number of nitrogens with zero attached hydrogens (tertiary/aromatic N) is 1. The molecule has 2 heteroatoms. The minimum atomic E-state index is -0.0189. The molecular formula is C20H15NO. The first-order valence-electron chi connectivity index (χ1n) is 7.11. The zero-order chi connectivity index (χ0) is 15.2. The van der Waals surface area contributed by atoms with E-state index in [0.29, 0.717) is 5.56 Å². The first-order chi connectivity index (χ1) is 10.8. The second kappa shape index (κ2) is 6.64. The Labute approximate surface area is 129 Å². The maximum Gasteiger partial charge on any atom is 0.185 e. The van der Waals surface area contributed by atoms with Crippen molar-refractivity contribution in [2.24, 2.45) is 0 Å². The zero-order valence-corrected chi connectivity index (χ0v) is 12.0. The van der Waals surface area contributed by atoms with E-state index in [0.717, 1.165) is 5.56 Å². The summed E-state index contributed by atoms with van der Waals surface area (Å²) in [5.41, 5.74) is 4.00. The predicted octanol–water partition coefficient (Wildman–Crippen LogP) is 4.64. The number of aromatic nitrogens is 1. The van der Waals surface area contributed by atoms with E-state index in [9.17, 15) is 4.79 Å². The average Bonchev–Trinajstić information content (AvgIpc) is 2.61. The van der Waals surface area contributed by atoms with Crippen LogP contribution in [0.2, 0.25) is 0 Å². The Morgan fingerprint density at radius 2 is 1.41 bits per heavy atom. The van der Waals surface area contributed by atoms with Gasteiger partial charge in [0.25, 0.3) is 0 Å². The van der Waals surface area contributed by atoms with Crippen molar-refractivity contribution in [2.75, 3.05) is 0 Å². The highest BCUT2D eigenvalue weighted by molar-refractivity contribution is 6.06. The second-order valence-corrected chi connectivity index (χ2v) is 4.92. The lowest BCUT2D eigenvalue weighted by atomic mass is 10.0. The van der Waals surface area contributed by atoms with E-state index in [-0.39, 0.29) is 5.78 Å². The van der Waals surface area contributed by atoms with Crippen molar-refractivity contribution in [1.29, 1.82) is 0 Å². The quantitative estimate of drug-likeness (QED) is 0.516. The third kappa shape index (κ3) is 3.36. The summed E-state index contributed by atoms with van der Waals surface area (Å²) in [6.07, 6.45) is 6.66. The fraction of sp³-hybridized carbons (Fsp3) is 0. The van der Waals surface area contributed by atoms with Crippen LogP contribution in [0.4, 0.5) is 0 Å². The van der Waals surface area contributed by atoms with Gasteiger partial charge in [0.15, 0.2) is 5.78 Å². The highest BCUT2D eigenvalue weighted by atomic mass is 16.1. The molecule has 2 nitrogen and oxygen atoms in total. The Hall–Kier alpha value is -3.00. The van der Waals surface area contributed by atoms with Gasteiger partial charge in [0.2, 0.25) is 0 Å². The van der Waals surface area contributed by atoms with Gasteiger partial charge in [-0.3, -0.25) is 9.78 Å². The fourth-order valence-electron chi connectivity index (χ4n) is 2.20. The molecule has 0 unspecified atom stereocenters. The molecule has 0 saturated heterocycles. The van der Waals surface area contributed by atoms with Gasteiger partial charge in [0.05, 0.1) is 0 Å². The number of ketones is 1. The maximum atomic E-state index is 12.0. The summed E-state index contributed by atoms with van der Waals surface area (Å²) >= 11 is 0. The van der Waals surface area contributed by atoms with Crippen molar-refractivity contribution in [3.05, 3.63) is 96.3 Å². The topological polar surface area (TPSA) is 30.0 Å². The van der Waals surface area contributed by atoms with Crippen LogP contribution in [0.5, 0.6) is 0 Å². The van der Waals surface area contributed by atoms with E-state index < -0.39 is 0 Å². The van der Waals surface area contributed by atoms with E-state index >= 15 is 0 Å². The Morgan fingerprint density at radius 3 is 2.09 bits per heavy atom. The Balaban J connectivity index is 1.74. The van der Waals surface area contributed by atoms with Gasteiger partial charge in [0.1, 0.15) is 0 Å². The Morgan fingerprint density at radius 1 is 0.773 bits per heavy atom. The molecule has 0 aliphatic rings. The average molecular weight is 285 g/mol. The number of carbonyl (C=O) groups is 1. The number of benzene rings is 2. The molecule has 0 N–H and O–H groups in total. The fourth-order valence-corrected chi connectivity index (χ4v) is 2.20. The van der Waals surface area contributed by atoms with Gasteiger partial charge < -0.3 is 0 Å². The molecule has 3 rings (SSSR count). The Kier molecular flexibility index (Phi) is 4.21. The maximum absolute atomic E-state index is 12.0. The third-order valence-electron chi connectivity index (χ3n) is 3.41. The molecule has 2 aromatic carbocycles. The summed E-state index contributed by atoms with van der Waals surface area (Å²) in [5, 5.41) is 0. The molecule has 0 aliphatic heterocycles. The molecule has 1 aromatic heterocycles. The molecule has 1 heterocycles. The molecule has 0 aliphatic carbocycles. The van der Waals surface area contributed by atoms with Crippen LogP contribution in [-0.4, -0.2) is 10.8 Å². The summed E-state index contributed by atoms with van der Waals surface area (Å²) in [6, 6.07) is 21.8. The monoisotopic (exact) mass is 285 g/mol. The molecule has 0 amide bonds. The minimum Gasteiger partial charge on any atom is -0.289 e. The zero-order valence-electron chi connectivity index (χ0n) is 12.0. The lowest BCUT2D eigenvalue weighted by Crippen LogP contribution is -1.93. The minimum absolute atomic E-state index is 0.0189. The second-order valence-electron chi connectivity index (χ2n) is 4.92. The van der Waals surface area contributed by atoms with Gasteiger partial charge in [-0.25, -0.2) is 0 Å². The van der Waals surface area contributed by atoms with Crippen molar-refractivity contribution >= 4 is 11.9 Å². The molecular weight excluding hydrogens is 270 g/mol. The van der Waals surface area contributed by atoms with Crippen LogP contribution >= 0.6 is 0 Å². The van der Waals surface area contributed by atoms with Crippen LogP contribution in [0.25, 0.3) is 17.2 Å². The number of carbonyl (C=O) groups excluding carboxylic acids is 1. The van der Waals surface area contributed by atoms with Gasteiger partial charge in [-0.05, 0) is 34.9 Å². The van der Waals surface area contributed by atoms with Crippen LogP contribution in [0, 0.1) is 0 Å². The van der Waals surface area contributed by atoms with Gasteiger partial charge in [-0.15, -0.1) is 0 Å². The highest BCUT2D eigenvalue weighted by Gasteiger charge is 2.00. The van der Waals surface area contributed by atoms with E-state index in [1.807, 2.05) is 36.4 Å². The van der Waals surface area contributed by atoms with Crippen LogP contribution in [-0.2, 0) is 0 Å². The summed E-state index contributed by atoms with van der Waals surface area (Å²) < 4.78 is 0. The van der Waals surface area contributed by atoms with Crippen molar-refractivity contribution in [3.63, 3.8) is 0 Å². The van der Waals surface area contributed by atoms with E-state index in [2.05, 4.69) is 29.2 Å². The van der Waals surface area contributed by atoms with E-state index in [4.69, 9.17) is 0 Å². The van der Waals surface area contributed by atoms with Crippen molar-refractivity contribution in [2.45, 2.75) is 0 Å². The first-order valence-corrected chi connectivity index (χ1v) is 7.11. The number of hydrogen-bond donors (Lipinski definition) is 0. The van der Waals surface area contributed by atoms with Gasteiger partial charge in [0, 0.05) is 18.0 Å². The molecule has 0 atom stereocenters. The highest BCUT2D eigenvalue weighted by Crippen LogP contribution is 2.19. The number of pyridine rings is 1. The number of hydrogen-bond acceptors (Lipinski definition) is 2. The molecule has 106 valence electrons. The lowest BCUT2D eigenvalue weighted by Gasteiger charge is -2.01. The van der Waals surface area contributed by atoms with Gasteiger partial charge in [-0.1, -0.05) is 60.7 Å². The molecule has 0 bridgehead atoms. The Bertz CT molecular complexity index is 775. The van der Waals surface area contributed by atoms with Crippen molar-refractivity contribution in [1.82, 2.24) is 4.98 Å². The lowest BCUT2D eigenvalue weighted by molar-refractivity contribution is 0.104. The van der Waals surface area contributed by atoms with Crippen LogP contribution in [0.1, 0.15) is 15.9 Å². The first kappa shape index (κ1) is 14.0. The van der Waals surface area contributed by atoms with Gasteiger partial charge in [-0.2, -0.15) is 0 Å². The SMILES string of the molecule is O=C(/C=C/c1ccc(-c2ccccc2)cc1)c1ccncc1. The third-order valence-corrected chi connectivity index (χ3v) is 3.41. The van der Waals surface area contributed by atoms with Crippen LogP contribution < -0.4 is 0 Å². The normalized spacial score (nSPS) is 10.7. The molecule has 22 heavy (non-hydrogen) atoms.